The second kappa shape index (κ2) is 7.81. The van der Waals surface area contributed by atoms with Gasteiger partial charge in [-0.1, -0.05) is 30.0 Å². The van der Waals surface area contributed by atoms with E-state index in [9.17, 15) is 0 Å². The topological polar surface area (TPSA) is 15.7 Å². The Kier molecular flexibility index (Phi) is 5.30. The second-order valence-electron chi connectivity index (χ2n) is 6.85. The molecular weight excluding hydrogens is 328 g/mol. The van der Waals surface area contributed by atoms with Crippen molar-refractivity contribution in [2.24, 2.45) is 0 Å². The highest BCUT2D eigenvalue weighted by atomic mass is 32.2. The molecule has 0 radical (unpaired) electrons. The highest BCUT2D eigenvalue weighted by Gasteiger charge is 2.22. The molecular formula is C21H26N2OS. The molecule has 0 unspecified atom stereocenters. The van der Waals surface area contributed by atoms with Gasteiger partial charge in [-0.2, -0.15) is 0 Å². The molecule has 0 atom stereocenters. The summed E-state index contributed by atoms with van der Waals surface area (Å²) in [4.78, 5) is 7.79. The normalized spacial score (nSPS) is 17.2. The van der Waals surface area contributed by atoms with Crippen LogP contribution in [0.4, 0.5) is 11.4 Å². The lowest BCUT2D eigenvalue weighted by molar-refractivity contribution is 0.0373. The lowest BCUT2D eigenvalue weighted by atomic mass is 10.1. The van der Waals surface area contributed by atoms with Crippen molar-refractivity contribution in [3.05, 3.63) is 48.0 Å². The molecule has 0 saturated carbocycles. The van der Waals surface area contributed by atoms with Crippen LogP contribution in [0.3, 0.4) is 0 Å². The Bertz CT molecular complexity index is 728. The fourth-order valence-electron chi connectivity index (χ4n) is 3.61. The number of hydrogen-bond acceptors (Lipinski definition) is 4. The van der Waals surface area contributed by atoms with Crippen LogP contribution in [-0.4, -0.2) is 44.3 Å². The summed E-state index contributed by atoms with van der Waals surface area (Å²) >= 11 is 1.89. The first-order valence-corrected chi connectivity index (χ1v) is 10.1. The lowest BCUT2D eigenvalue weighted by Crippen LogP contribution is -2.37. The van der Waals surface area contributed by atoms with Gasteiger partial charge in [-0.25, -0.2) is 0 Å². The fraction of sp³-hybridized carbons (Fsp3) is 0.429. The molecule has 132 valence electrons. The summed E-state index contributed by atoms with van der Waals surface area (Å²) < 4.78 is 5.44. The first-order valence-electron chi connectivity index (χ1n) is 9.26. The number of benzene rings is 2. The van der Waals surface area contributed by atoms with Crippen molar-refractivity contribution in [3.63, 3.8) is 0 Å². The van der Waals surface area contributed by atoms with Crippen molar-refractivity contribution in [2.45, 2.75) is 29.6 Å². The molecule has 4 heteroatoms. The van der Waals surface area contributed by atoms with E-state index in [0.29, 0.717) is 0 Å². The zero-order valence-electron chi connectivity index (χ0n) is 14.9. The SMILES string of the molecule is Cc1ccc2c(c1)N(CCCCN1CCOCC1)c1ccccc1S2. The van der Waals surface area contributed by atoms with E-state index in [0.717, 1.165) is 32.8 Å². The molecule has 0 amide bonds. The van der Waals surface area contributed by atoms with Crippen molar-refractivity contribution in [2.75, 3.05) is 44.3 Å². The third-order valence-electron chi connectivity index (χ3n) is 4.99. The van der Waals surface area contributed by atoms with E-state index < -0.39 is 0 Å². The van der Waals surface area contributed by atoms with Gasteiger partial charge in [0.25, 0.3) is 0 Å². The maximum absolute atomic E-state index is 5.44. The van der Waals surface area contributed by atoms with Crippen molar-refractivity contribution in [1.29, 1.82) is 0 Å². The van der Waals surface area contributed by atoms with Crippen LogP contribution in [0.25, 0.3) is 0 Å². The quantitative estimate of drug-likeness (QED) is 0.722. The molecule has 0 N–H and O–H groups in total. The number of nitrogens with zero attached hydrogens (tertiary/aromatic N) is 2. The Labute approximate surface area is 155 Å². The fourth-order valence-corrected chi connectivity index (χ4v) is 4.69. The molecule has 1 saturated heterocycles. The highest BCUT2D eigenvalue weighted by Crippen LogP contribution is 2.48. The third-order valence-corrected chi connectivity index (χ3v) is 6.12. The molecule has 1 fully saturated rings. The minimum atomic E-state index is 0.892. The molecule has 2 aliphatic heterocycles. The van der Waals surface area contributed by atoms with Gasteiger partial charge in [0.1, 0.15) is 0 Å². The van der Waals surface area contributed by atoms with Crippen LogP contribution in [0.5, 0.6) is 0 Å². The first-order chi connectivity index (χ1) is 12.3. The van der Waals surface area contributed by atoms with Gasteiger partial charge in [-0.15, -0.1) is 0 Å². The number of rotatable bonds is 5. The molecule has 2 heterocycles. The third kappa shape index (κ3) is 3.86. The Morgan fingerprint density at radius 3 is 2.56 bits per heavy atom. The minimum Gasteiger partial charge on any atom is -0.379 e. The summed E-state index contributed by atoms with van der Waals surface area (Å²) in [7, 11) is 0. The molecule has 3 nitrogen and oxygen atoms in total. The van der Waals surface area contributed by atoms with Crippen LogP contribution in [0.2, 0.25) is 0 Å². The zero-order chi connectivity index (χ0) is 17.1. The predicted octanol–water partition coefficient (Wildman–Crippen LogP) is 4.71. The summed E-state index contributed by atoms with van der Waals surface area (Å²) in [6.45, 7) is 8.41. The van der Waals surface area contributed by atoms with E-state index in [2.05, 4.69) is 59.2 Å². The molecule has 4 rings (SSSR count). The number of ether oxygens (including phenoxy) is 1. The van der Waals surface area contributed by atoms with Crippen molar-refractivity contribution >= 4 is 23.1 Å². The molecule has 0 bridgehead atoms. The molecule has 2 aliphatic rings. The second-order valence-corrected chi connectivity index (χ2v) is 7.94. The van der Waals surface area contributed by atoms with Crippen LogP contribution in [0.15, 0.2) is 52.3 Å². The van der Waals surface area contributed by atoms with Crippen molar-refractivity contribution in [3.8, 4) is 0 Å². The van der Waals surface area contributed by atoms with Gasteiger partial charge in [0.15, 0.2) is 0 Å². The van der Waals surface area contributed by atoms with Crippen LogP contribution in [0.1, 0.15) is 18.4 Å². The lowest BCUT2D eigenvalue weighted by Gasteiger charge is -2.33. The summed E-state index contributed by atoms with van der Waals surface area (Å²) in [5, 5.41) is 0. The monoisotopic (exact) mass is 354 g/mol. The number of morpholine rings is 1. The number of fused-ring (bicyclic) bond motifs is 2. The zero-order valence-corrected chi connectivity index (χ0v) is 15.7. The van der Waals surface area contributed by atoms with E-state index in [1.54, 1.807) is 0 Å². The molecule has 2 aromatic rings. The number of aryl methyl sites for hydroxylation is 1. The molecule has 0 aromatic heterocycles. The van der Waals surface area contributed by atoms with E-state index in [1.807, 2.05) is 11.8 Å². The van der Waals surface area contributed by atoms with E-state index >= 15 is 0 Å². The Hall–Kier alpha value is -1.49. The van der Waals surface area contributed by atoms with E-state index in [4.69, 9.17) is 4.74 Å². The van der Waals surface area contributed by atoms with E-state index in [-0.39, 0.29) is 0 Å². The van der Waals surface area contributed by atoms with Crippen LogP contribution >= 0.6 is 11.8 Å². The number of anilines is 2. The maximum Gasteiger partial charge on any atom is 0.0594 e. The summed E-state index contributed by atoms with van der Waals surface area (Å²) in [6, 6.07) is 15.6. The van der Waals surface area contributed by atoms with Crippen molar-refractivity contribution in [1.82, 2.24) is 4.90 Å². The van der Waals surface area contributed by atoms with Gasteiger partial charge in [-0.3, -0.25) is 4.90 Å². The number of hydrogen-bond donors (Lipinski definition) is 0. The summed E-state index contributed by atoms with van der Waals surface area (Å²) in [5.74, 6) is 0. The van der Waals surface area contributed by atoms with Crippen molar-refractivity contribution < 1.29 is 4.74 Å². The molecule has 2 aromatic carbocycles. The average Bonchev–Trinajstić information content (AvgIpc) is 2.65. The summed E-state index contributed by atoms with van der Waals surface area (Å²) in [5.41, 5.74) is 4.06. The molecule has 0 aliphatic carbocycles. The predicted molar refractivity (Wildman–Crippen MR) is 105 cm³/mol. The number of unbranched alkanes of at least 4 members (excludes halogenated alkanes) is 1. The largest absolute Gasteiger partial charge is 0.379 e. The number of para-hydroxylation sites is 1. The Balaban J connectivity index is 1.45. The van der Waals surface area contributed by atoms with Gasteiger partial charge in [-0.05, 0) is 56.1 Å². The first kappa shape index (κ1) is 17.0. The van der Waals surface area contributed by atoms with Gasteiger partial charge in [0.2, 0.25) is 0 Å². The average molecular weight is 355 g/mol. The van der Waals surface area contributed by atoms with Crippen LogP contribution < -0.4 is 4.90 Å². The Morgan fingerprint density at radius 1 is 0.920 bits per heavy atom. The van der Waals surface area contributed by atoms with Gasteiger partial charge in [0.05, 0.1) is 24.6 Å². The Morgan fingerprint density at radius 2 is 1.68 bits per heavy atom. The molecule has 0 spiro atoms. The maximum atomic E-state index is 5.44. The summed E-state index contributed by atoms with van der Waals surface area (Å²) in [6.07, 6.45) is 2.46. The smallest absolute Gasteiger partial charge is 0.0594 e. The minimum absolute atomic E-state index is 0.892. The van der Waals surface area contributed by atoms with Gasteiger partial charge in [0, 0.05) is 29.4 Å². The standard InChI is InChI=1S/C21H26N2OS/c1-17-8-9-21-19(16-17)23(18-6-2-3-7-20(18)25-21)11-5-4-10-22-12-14-24-15-13-22/h2-3,6-9,16H,4-5,10-15H2,1H3. The van der Waals surface area contributed by atoms with Gasteiger partial charge < -0.3 is 9.64 Å². The van der Waals surface area contributed by atoms with Gasteiger partial charge >= 0.3 is 0 Å². The van der Waals surface area contributed by atoms with Crippen LogP contribution in [0, 0.1) is 6.92 Å². The van der Waals surface area contributed by atoms with Crippen LogP contribution in [-0.2, 0) is 4.74 Å². The molecule has 25 heavy (non-hydrogen) atoms. The van der Waals surface area contributed by atoms with E-state index in [1.165, 1.54) is 46.1 Å². The highest BCUT2D eigenvalue weighted by molar-refractivity contribution is 7.99.